The number of amides is 1. The molecule has 0 spiro atoms. The van der Waals surface area contributed by atoms with Crippen LogP contribution in [0.15, 0.2) is 42.7 Å². The highest BCUT2D eigenvalue weighted by Crippen LogP contribution is 2.29. The van der Waals surface area contributed by atoms with Gasteiger partial charge in [-0.15, -0.1) is 0 Å². The Morgan fingerprint density at radius 1 is 1.37 bits per heavy atom. The SMILES string of the molecule is CNc1c(N)nc(-n2cccn2)nc1N(C=O)Cc1cccc(C(=O)O)c1. The number of hydrogen-bond donors (Lipinski definition) is 3. The molecule has 10 nitrogen and oxygen atoms in total. The topological polar surface area (TPSA) is 139 Å². The van der Waals surface area contributed by atoms with Crippen molar-refractivity contribution >= 4 is 29.7 Å². The molecule has 1 amide bonds. The summed E-state index contributed by atoms with van der Waals surface area (Å²) in [7, 11) is 1.64. The van der Waals surface area contributed by atoms with Crippen LogP contribution in [-0.4, -0.2) is 44.3 Å². The van der Waals surface area contributed by atoms with Gasteiger partial charge in [-0.05, 0) is 23.8 Å². The lowest BCUT2D eigenvalue weighted by Crippen LogP contribution is -2.24. The zero-order valence-corrected chi connectivity index (χ0v) is 14.4. The first-order chi connectivity index (χ1) is 13.0. The number of nitrogens with two attached hydrogens (primary N) is 1. The summed E-state index contributed by atoms with van der Waals surface area (Å²) in [5.74, 6) is -0.430. The zero-order chi connectivity index (χ0) is 19.4. The quantitative estimate of drug-likeness (QED) is 0.528. The zero-order valence-electron chi connectivity index (χ0n) is 14.4. The lowest BCUT2D eigenvalue weighted by Gasteiger charge is -2.21. The van der Waals surface area contributed by atoms with Crippen molar-refractivity contribution in [1.29, 1.82) is 0 Å². The summed E-state index contributed by atoms with van der Waals surface area (Å²) in [5.41, 5.74) is 7.15. The summed E-state index contributed by atoms with van der Waals surface area (Å²) in [5, 5.41) is 16.1. The van der Waals surface area contributed by atoms with Crippen molar-refractivity contribution in [3.05, 3.63) is 53.9 Å². The van der Waals surface area contributed by atoms with Crippen LogP contribution in [0.4, 0.5) is 17.3 Å². The van der Waals surface area contributed by atoms with E-state index in [4.69, 9.17) is 10.8 Å². The Morgan fingerprint density at radius 3 is 2.81 bits per heavy atom. The molecule has 1 aromatic carbocycles. The normalized spacial score (nSPS) is 10.4. The van der Waals surface area contributed by atoms with E-state index in [0.717, 1.165) is 0 Å². The molecule has 0 atom stereocenters. The first-order valence-corrected chi connectivity index (χ1v) is 7.93. The number of anilines is 3. The van der Waals surface area contributed by atoms with Crippen molar-refractivity contribution in [1.82, 2.24) is 19.7 Å². The van der Waals surface area contributed by atoms with Crippen LogP contribution in [-0.2, 0) is 11.3 Å². The second-order valence-corrected chi connectivity index (χ2v) is 5.55. The number of nitrogens with one attached hydrogen (secondary N) is 1. The molecule has 0 bridgehead atoms. The van der Waals surface area contributed by atoms with E-state index in [9.17, 15) is 9.59 Å². The molecule has 0 unspecified atom stereocenters. The monoisotopic (exact) mass is 367 g/mol. The maximum absolute atomic E-state index is 11.8. The Hall–Kier alpha value is -3.95. The second kappa shape index (κ2) is 7.52. The fraction of sp³-hybridized carbons (Fsp3) is 0.118. The van der Waals surface area contributed by atoms with Gasteiger partial charge >= 0.3 is 5.97 Å². The van der Waals surface area contributed by atoms with Gasteiger partial charge in [0.05, 0.1) is 12.1 Å². The summed E-state index contributed by atoms with van der Waals surface area (Å²) >= 11 is 0. The van der Waals surface area contributed by atoms with Crippen molar-refractivity contribution in [3.63, 3.8) is 0 Å². The highest BCUT2D eigenvalue weighted by Gasteiger charge is 2.19. The molecule has 27 heavy (non-hydrogen) atoms. The largest absolute Gasteiger partial charge is 0.478 e. The van der Waals surface area contributed by atoms with E-state index in [-0.39, 0.29) is 29.7 Å². The number of carboxylic acid groups (broad SMARTS) is 1. The molecule has 0 saturated heterocycles. The van der Waals surface area contributed by atoms with E-state index < -0.39 is 5.97 Å². The minimum atomic E-state index is -1.04. The number of aromatic carboxylic acids is 1. The van der Waals surface area contributed by atoms with Crippen molar-refractivity contribution in [3.8, 4) is 5.95 Å². The van der Waals surface area contributed by atoms with Gasteiger partial charge in [0.25, 0.3) is 5.95 Å². The number of nitrogen functional groups attached to an aromatic ring is 1. The van der Waals surface area contributed by atoms with Gasteiger partial charge in [-0.25, -0.2) is 9.48 Å². The van der Waals surface area contributed by atoms with Crippen LogP contribution in [0.1, 0.15) is 15.9 Å². The molecule has 2 heterocycles. The van der Waals surface area contributed by atoms with Crippen LogP contribution in [0.5, 0.6) is 0 Å². The molecular formula is C17H17N7O3. The molecule has 4 N–H and O–H groups in total. The van der Waals surface area contributed by atoms with Gasteiger partial charge in [0.15, 0.2) is 11.6 Å². The number of nitrogens with zero attached hydrogens (tertiary/aromatic N) is 5. The maximum Gasteiger partial charge on any atom is 0.335 e. The van der Waals surface area contributed by atoms with Crippen molar-refractivity contribution < 1.29 is 14.7 Å². The Morgan fingerprint density at radius 2 is 2.19 bits per heavy atom. The minimum absolute atomic E-state index is 0.105. The second-order valence-electron chi connectivity index (χ2n) is 5.55. The van der Waals surface area contributed by atoms with E-state index in [1.807, 2.05) is 0 Å². The van der Waals surface area contributed by atoms with E-state index >= 15 is 0 Å². The fourth-order valence-electron chi connectivity index (χ4n) is 2.55. The molecule has 0 radical (unpaired) electrons. The molecule has 10 heteroatoms. The standard InChI is InChI=1S/C17H17N7O3/c1-19-13-14(18)21-17(24-7-3-6-20-24)22-15(13)23(10-25)9-11-4-2-5-12(8-11)16(26)27/h2-8,10,19H,9H2,1H3,(H,26,27)(H2,18,21,22). The molecule has 3 rings (SSSR count). The highest BCUT2D eigenvalue weighted by molar-refractivity contribution is 5.88. The fourth-order valence-corrected chi connectivity index (χ4v) is 2.55. The smallest absolute Gasteiger partial charge is 0.335 e. The third kappa shape index (κ3) is 3.68. The predicted octanol–water partition coefficient (Wildman–Crippen LogP) is 1.15. The average molecular weight is 367 g/mol. The highest BCUT2D eigenvalue weighted by atomic mass is 16.4. The Balaban J connectivity index is 2.02. The lowest BCUT2D eigenvalue weighted by molar-refractivity contribution is -0.107. The summed E-state index contributed by atoms with van der Waals surface area (Å²) < 4.78 is 1.42. The van der Waals surface area contributed by atoms with Gasteiger partial charge in [0, 0.05) is 19.4 Å². The lowest BCUT2D eigenvalue weighted by atomic mass is 10.1. The van der Waals surface area contributed by atoms with Gasteiger partial charge in [0.1, 0.15) is 5.69 Å². The number of hydrogen-bond acceptors (Lipinski definition) is 7. The van der Waals surface area contributed by atoms with E-state index in [1.165, 1.54) is 21.7 Å². The third-order valence-corrected chi connectivity index (χ3v) is 3.79. The van der Waals surface area contributed by atoms with E-state index in [1.54, 1.807) is 37.6 Å². The number of aromatic nitrogens is 4. The van der Waals surface area contributed by atoms with Crippen molar-refractivity contribution in [2.24, 2.45) is 0 Å². The Bertz CT molecular complexity index is 973. The molecule has 0 fully saturated rings. The molecule has 0 aliphatic rings. The van der Waals surface area contributed by atoms with Crippen LogP contribution in [0, 0.1) is 0 Å². The van der Waals surface area contributed by atoms with Crippen molar-refractivity contribution in [2.75, 3.05) is 23.0 Å². The number of carboxylic acids is 1. The molecule has 3 aromatic rings. The third-order valence-electron chi connectivity index (χ3n) is 3.79. The average Bonchev–Trinajstić information content (AvgIpc) is 3.20. The van der Waals surface area contributed by atoms with Gasteiger partial charge < -0.3 is 16.2 Å². The molecule has 138 valence electrons. The number of rotatable bonds is 7. The summed E-state index contributed by atoms with van der Waals surface area (Å²) in [6.07, 6.45) is 3.82. The van der Waals surface area contributed by atoms with Crippen LogP contribution < -0.4 is 16.0 Å². The van der Waals surface area contributed by atoms with Gasteiger partial charge in [-0.1, -0.05) is 12.1 Å². The first-order valence-electron chi connectivity index (χ1n) is 7.93. The van der Waals surface area contributed by atoms with Crippen LogP contribution in [0.2, 0.25) is 0 Å². The van der Waals surface area contributed by atoms with Gasteiger partial charge in [0.2, 0.25) is 6.41 Å². The molecule has 0 aliphatic heterocycles. The Kier molecular flexibility index (Phi) is 4.97. The minimum Gasteiger partial charge on any atom is -0.478 e. The van der Waals surface area contributed by atoms with Crippen LogP contribution in [0.25, 0.3) is 5.95 Å². The first kappa shape index (κ1) is 17.9. The van der Waals surface area contributed by atoms with Gasteiger partial charge in [-0.2, -0.15) is 15.1 Å². The molecule has 0 saturated carbocycles. The van der Waals surface area contributed by atoms with Crippen LogP contribution >= 0.6 is 0 Å². The number of carbonyl (C=O) groups is 2. The van der Waals surface area contributed by atoms with E-state index in [2.05, 4.69) is 20.4 Å². The number of benzene rings is 1. The van der Waals surface area contributed by atoms with Crippen LogP contribution in [0.3, 0.4) is 0 Å². The summed E-state index contributed by atoms with van der Waals surface area (Å²) in [6, 6.07) is 8.02. The van der Waals surface area contributed by atoms with Gasteiger partial charge in [-0.3, -0.25) is 9.69 Å². The molecule has 0 aliphatic carbocycles. The molecular weight excluding hydrogens is 350 g/mol. The number of carbonyl (C=O) groups excluding carboxylic acids is 1. The summed E-state index contributed by atoms with van der Waals surface area (Å²) in [4.78, 5) is 32.8. The maximum atomic E-state index is 11.8. The Labute approximate surface area is 154 Å². The molecule has 2 aromatic heterocycles. The summed E-state index contributed by atoms with van der Waals surface area (Å²) in [6.45, 7) is 0.105. The van der Waals surface area contributed by atoms with Crippen molar-refractivity contribution in [2.45, 2.75) is 6.54 Å². The predicted molar refractivity (Wildman–Crippen MR) is 98.8 cm³/mol. The van der Waals surface area contributed by atoms with E-state index in [0.29, 0.717) is 17.7 Å².